The fourth-order valence-corrected chi connectivity index (χ4v) is 3.84. The zero-order valence-corrected chi connectivity index (χ0v) is 21.7. The summed E-state index contributed by atoms with van der Waals surface area (Å²) in [4.78, 5) is 25.8. The minimum Gasteiger partial charge on any atom is -0.493 e. The van der Waals surface area contributed by atoms with Gasteiger partial charge in [0.15, 0.2) is 17.6 Å². The van der Waals surface area contributed by atoms with Gasteiger partial charge in [0.25, 0.3) is 11.8 Å². The second-order valence-corrected chi connectivity index (χ2v) is 8.70. The van der Waals surface area contributed by atoms with E-state index in [1.54, 1.807) is 45.4 Å². The molecule has 0 bridgehead atoms. The molecule has 190 valence electrons. The zero-order valence-electron chi connectivity index (χ0n) is 21.7. The maximum atomic E-state index is 12.9. The molecule has 3 aromatic rings. The van der Waals surface area contributed by atoms with E-state index in [1.165, 1.54) is 0 Å². The van der Waals surface area contributed by atoms with Crippen molar-refractivity contribution < 1.29 is 23.8 Å². The number of amides is 2. The number of para-hydroxylation sites is 1. The Morgan fingerprint density at radius 3 is 2.33 bits per heavy atom. The largest absolute Gasteiger partial charge is 0.493 e. The van der Waals surface area contributed by atoms with Gasteiger partial charge in [-0.1, -0.05) is 24.3 Å². The number of aryl methyl sites for hydroxylation is 2. The Kier molecular flexibility index (Phi) is 8.95. The summed E-state index contributed by atoms with van der Waals surface area (Å²) in [5.41, 5.74) is 4.98. The van der Waals surface area contributed by atoms with Gasteiger partial charge in [0, 0.05) is 6.54 Å². The van der Waals surface area contributed by atoms with E-state index in [9.17, 15) is 9.59 Å². The number of hydrogen-bond donors (Lipinski definition) is 2. The molecule has 3 rings (SSSR count). The minimum atomic E-state index is -0.744. The summed E-state index contributed by atoms with van der Waals surface area (Å²) in [6, 6.07) is 16.6. The molecule has 3 aromatic carbocycles. The van der Waals surface area contributed by atoms with Crippen LogP contribution in [0.3, 0.4) is 0 Å². The first-order valence-corrected chi connectivity index (χ1v) is 11.9. The second kappa shape index (κ2) is 12.1. The summed E-state index contributed by atoms with van der Waals surface area (Å²) in [6.07, 6.45) is -0.133. The third-order valence-electron chi connectivity index (χ3n) is 6.01. The molecule has 0 saturated carbocycles. The van der Waals surface area contributed by atoms with Gasteiger partial charge >= 0.3 is 0 Å². The average Bonchev–Trinajstić information content (AvgIpc) is 2.86. The van der Waals surface area contributed by atoms with Gasteiger partial charge in [-0.3, -0.25) is 9.59 Å². The molecule has 36 heavy (non-hydrogen) atoms. The summed E-state index contributed by atoms with van der Waals surface area (Å²) >= 11 is 0. The van der Waals surface area contributed by atoms with Gasteiger partial charge in [0.1, 0.15) is 5.75 Å². The minimum absolute atomic E-state index is 0.273. The highest BCUT2D eigenvalue weighted by molar-refractivity contribution is 6.04. The van der Waals surface area contributed by atoms with E-state index in [0.717, 1.165) is 22.3 Å². The number of methoxy groups -OCH3 is 2. The Morgan fingerprint density at radius 1 is 0.889 bits per heavy atom. The molecule has 0 spiro atoms. The van der Waals surface area contributed by atoms with E-state index >= 15 is 0 Å². The molecule has 7 heteroatoms. The number of anilines is 1. The number of rotatable bonds is 10. The standard InChI is InChI=1S/C29H34N2O5/c1-18-15-19(2)20(3)26(16-18)36-21(4)28(32)31-24-10-8-7-9-23(24)29(33)30-14-13-22-11-12-25(34-5)27(17-22)35-6/h7-12,15-17,21H,13-14H2,1-6H3,(H,30,33)(H,31,32)/t21-/m0/s1. The lowest BCUT2D eigenvalue weighted by Crippen LogP contribution is -2.32. The van der Waals surface area contributed by atoms with E-state index in [4.69, 9.17) is 14.2 Å². The first-order chi connectivity index (χ1) is 17.2. The third kappa shape index (κ3) is 6.56. The monoisotopic (exact) mass is 490 g/mol. The molecular weight excluding hydrogens is 456 g/mol. The van der Waals surface area contributed by atoms with Crippen LogP contribution in [0, 0.1) is 20.8 Å². The topological polar surface area (TPSA) is 85.9 Å². The van der Waals surface area contributed by atoms with E-state index in [0.29, 0.717) is 41.5 Å². The third-order valence-corrected chi connectivity index (χ3v) is 6.01. The molecule has 0 aromatic heterocycles. The molecule has 0 aliphatic rings. The van der Waals surface area contributed by atoms with Crippen molar-refractivity contribution in [2.24, 2.45) is 0 Å². The molecule has 0 fully saturated rings. The van der Waals surface area contributed by atoms with Crippen LogP contribution in [0.2, 0.25) is 0 Å². The number of ether oxygens (including phenoxy) is 3. The Hall–Kier alpha value is -4.00. The second-order valence-electron chi connectivity index (χ2n) is 8.70. The molecule has 2 N–H and O–H groups in total. The molecule has 0 aliphatic heterocycles. The molecule has 2 amide bonds. The number of benzene rings is 3. The van der Waals surface area contributed by atoms with Gasteiger partial charge in [-0.25, -0.2) is 0 Å². The summed E-state index contributed by atoms with van der Waals surface area (Å²) in [5.74, 6) is 1.36. The van der Waals surface area contributed by atoms with E-state index in [2.05, 4.69) is 16.7 Å². The Balaban J connectivity index is 1.62. The van der Waals surface area contributed by atoms with Gasteiger partial charge in [0.05, 0.1) is 25.5 Å². The smallest absolute Gasteiger partial charge is 0.265 e. The van der Waals surface area contributed by atoms with Crippen molar-refractivity contribution in [1.82, 2.24) is 5.32 Å². The molecule has 1 atom stereocenters. The lowest BCUT2D eigenvalue weighted by molar-refractivity contribution is -0.122. The average molecular weight is 491 g/mol. The van der Waals surface area contributed by atoms with Crippen LogP contribution in [0.5, 0.6) is 17.2 Å². The van der Waals surface area contributed by atoms with Crippen molar-refractivity contribution in [3.05, 3.63) is 82.4 Å². The van der Waals surface area contributed by atoms with Crippen LogP contribution in [0.4, 0.5) is 5.69 Å². The molecule has 0 aliphatic carbocycles. The maximum absolute atomic E-state index is 12.9. The Labute approximate surface area is 212 Å². The quantitative estimate of drug-likeness (QED) is 0.417. The van der Waals surface area contributed by atoms with Crippen LogP contribution >= 0.6 is 0 Å². The van der Waals surface area contributed by atoms with Crippen LogP contribution < -0.4 is 24.8 Å². The predicted octanol–water partition coefficient (Wildman–Crippen LogP) is 5.01. The van der Waals surface area contributed by atoms with Gasteiger partial charge in [-0.15, -0.1) is 0 Å². The lowest BCUT2D eigenvalue weighted by Gasteiger charge is -2.19. The first-order valence-electron chi connectivity index (χ1n) is 11.9. The highest BCUT2D eigenvalue weighted by Gasteiger charge is 2.19. The predicted molar refractivity (Wildman–Crippen MR) is 141 cm³/mol. The maximum Gasteiger partial charge on any atom is 0.265 e. The Bertz CT molecular complexity index is 1240. The summed E-state index contributed by atoms with van der Waals surface area (Å²) in [7, 11) is 3.18. The van der Waals surface area contributed by atoms with E-state index in [1.807, 2.05) is 45.0 Å². The number of carbonyl (C=O) groups excluding carboxylic acids is 2. The van der Waals surface area contributed by atoms with Gasteiger partial charge in [0.2, 0.25) is 0 Å². The van der Waals surface area contributed by atoms with Crippen LogP contribution in [0.25, 0.3) is 0 Å². The van der Waals surface area contributed by atoms with Crippen molar-refractivity contribution >= 4 is 17.5 Å². The number of hydrogen-bond acceptors (Lipinski definition) is 5. The van der Waals surface area contributed by atoms with Crippen molar-refractivity contribution in [2.45, 2.75) is 40.2 Å². The van der Waals surface area contributed by atoms with Crippen LogP contribution in [0.1, 0.15) is 39.5 Å². The van der Waals surface area contributed by atoms with Gasteiger partial charge in [-0.05, 0) is 86.7 Å². The van der Waals surface area contributed by atoms with E-state index in [-0.39, 0.29) is 11.8 Å². The first kappa shape index (κ1) is 26.6. The normalized spacial score (nSPS) is 11.4. The van der Waals surface area contributed by atoms with Gasteiger partial charge in [-0.2, -0.15) is 0 Å². The fourth-order valence-electron chi connectivity index (χ4n) is 3.84. The molecule has 0 heterocycles. The fraction of sp³-hybridized carbons (Fsp3) is 0.310. The molecule has 7 nitrogen and oxygen atoms in total. The molecule has 0 unspecified atom stereocenters. The van der Waals surface area contributed by atoms with Crippen molar-refractivity contribution in [2.75, 3.05) is 26.1 Å². The molecule has 0 radical (unpaired) electrons. The summed E-state index contributed by atoms with van der Waals surface area (Å²) in [5, 5.41) is 5.76. The SMILES string of the molecule is COc1ccc(CCNC(=O)c2ccccc2NC(=O)[C@H](C)Oc2cc(C)cc(C)c2C)cc1OC. The highest BCUT2D eigenvalue weighted by Crippen LogP contribution is 2.28. The lowest BCUT2D eigenvalue weighted by atomic mass is 10.1. The van der Waals surface area contributed by atoms with E-state index < -0.39 is 6.10 Å². The van der Waals surface area contributed by atoms with Crippen molar-refractivity contribution in [3.63, 3.8) is 0 Å². The number of nitrogens with one attached hydrogen (secondary N) is 2. The summed E-state index contributed by atoms with van der Waals surface area (Å²) in [6.45, 7) is 8.08. The zero-order chi connectivity index (χ0) is 26.2. The van der Waals surface area contributed by atoms with Crippen molar-refractivity contribution in [1.29, 1.82) is 0 Å². The van der Waals surface area contributed by atoms with Crippen LogP contribution in [-0.4, -0.2) is 38.7 Å². The summed E-state index contributed by atoms with van der Waals surface area (Å²) < 4.78 is 16.6. The highest BCUT2D eigenvalue weighted by atomic mass is 16.5. The van der Waals surface area contributed by atoms with Crippen molar-refractivity contribution in [3.8, 4) is 17.2 Å². The van der Waals surface area contributed by atoms with Gasteiger partial charge < -0.3 is 24.8 Å². The van der Waals surface area contributed by atoms with Crippen LogP contribution in [0.15, 0.2) is 54.6 Å². The molecular formula is C29H34N2O5. The van der Waals surface area contributed by atoms with Crippen LogP contribution in [-0.2, 0) is 11.2 Å². The Morgan fingerprint density at radius 2 is 1.61 bits per heavy atom. The molecule has 0 saturated heterocycles. The number of carbonyl (C=O) groups is 2.